The monoisotopic (exact) mass is 362 g/mol. The lowest BCUT2D eigenvalue weighted by atomic mass is 10.0. The molecule has 0 atom stereocenters. The molecule has 22 heavy (non-hydrogen) atoms. The molecule has 2 aromatic carbocycles. The highest BCUT2D eigenvalue weighted by Crippen LogP contribution is 2.22. The van der Waals surface area contributed by atoms with E-state index in [1.165, 1.54) is 6.92 Å². The second kappa shape index (κ2) is 7.22. The molecule has 0 amide bonds. The molecule has 0 radical (unpaired) electrons. The lowest BCUT2D eigenvalue weighted by Gasteiger charge is -2.11. The van der Waals surface area contributed by atoms with Crippen molar-refractivity contribution in [3.63, 3.8) is 0 Å². The number of carboxylic acids is 1. The van der Waals surface area contributed by atoms with E-state index >= 15 is 0 Å². The van der Waals surface area contributed by atoms with E-state index in [-0.39, 0.29) is 12.2 Å². The van der Waals surface area contributed by atoms with Gasteiger partial charge in [0.2, 0.25) is 0 Å². The molecule has 2 aromatic rings. The zero-order valence-electron chi connectivity index (χ0n) is 12.0. The van der Waals surface area contributed by atoms with Gasteiger partial charge in [-0.05, 0) is 36.8 Å². The van der Waals surface area contributed by atoms with Gasteiger partial charge in [-0.1, -0.05) is 34.1 Å². The van der Waals surface area contributed by atoms with Gasteiger partial charge in [0.25, 0.3) is 0 Å². The Hall–Kier alpha value is -2.14. The fraction of sp³-hybridized carbons (Fsp3) is 0.176. The SMILES string of the molecule is CC(=O)c1ccc(OCc2ccccc2Br)cc1CC(=O)O. The Morgan fingerprint density at radius 2 is 1.86 bits per heavy atom. The Labute approximate surface area is 136 Å². The van der Waals surface area contributed by atoms with Crippen molar-refractivity contribution in [3.05, 3.63) is 63.6 Å². The van der Waals surface area contributed by atoms with Gasteiger partial charge in [0, 0.05) is 15.6 Å². The first kappa shape index (κ1) is 16.2. The highest BCUT2D eigenvalue weighted by molar-refractivity contribution is 9.10. The molecule has 0 aromatic heterocycles. The first-order valence-corrected chi connectivity index (χ1v) is 7.48. The van der Waals surface area contributed by atoms with Crippen molar-refractivity contribution in [3.8, 4) is 5.75 Å². The third kappa shape index (κ3) is 4.18. The van der Waals surface area contributed by atoms with E-state index in [4.69, 9.17) is 9.84 Å². The summed E-state index contributed by atoms with van der Waals surface area (Å²) in [7, 11) is 0. The van der Waals surface area contributed by atoms with Crippen LogP contribution in [0.3, 0.4) is 0 Å². The number of aliphatic carboxylic acids is 1. The molecular formula is C17H15BrO4. The van der Waals surface area contributed by atoms with Crippen LogP contribution in [0.2, 0.25) is 0 Å². The molecule has 0 fully saturated rings. The number of carbonyl (C=O) groups is 2. The van der Waals surface area contributed by atoms with Gasteiger partial charge in [-0.25, -0.2) is 0 Å². The number of carboxylic acid groups (broad SMARTS) is 1. The summed E-state index contributed by atoms with van der Waals surface area (Å²) in [5.41, 5.74) is 1.86. The molecule has 0 aliphatic heterocycles. The molecule has 0 bridgehead atoms. The van der Waals surface area contributed by atoms with E-state index in [1.54, 1.807) is 18.2 Å². The minimum Gasteiger partial charge on any atom is -0.489 e. The number of hydrogen-bond donors (Lipinski definition) is 1. The third-order valence-corrected chi connectivity index (χ3v) is 3.92. The number of benzene rings is 2. The molecular weight excluding hydrogens is 348 g/mol. The van der Waals surface area contributed by atoms with Crippen molar-refractivity contribution >= 4 is 27.7 Å². The van der Waals surface area contributed by atoms with E-state index in [2.05, 4.69) is 15.9 Å². The molecule has 0 saturated carbocycles. The molecule has 0 heterocycles. The maximum atomic E-state index is 11.5. The average molecular weight is 363 g/mol. The van der Waals surface area contributed by atoms with Crippen LogP contribution >= 0.6 is 15.9 Å². The molecule has 5 heteroatoms. The van der Waals surface area contributed by atoms with Crippen molar-refractivity contribution in [1.29, 1.82) is 0 Å². The number of carbonyl (C=O) groups excluding carboxylic acids is 1. The van der Waals surface area contributed by atoms with Crippen LogP contribution in [0.25, 0.3) is 0 Å². The lowest BCUT2D eigenvalue weighted by Crippen LogP contribution is -2.07. The maximum Gasteiger partial charge on any atom is 0.307 e. The Balaban J connectivity index is 2.19. The van der Waals surface area contributed by atoms with E-state index in [1.807, 2.05) is 24.3 Å². The Morgan fingerprint density at radius 3 is 2.50 bits per heavy atom. The van der Waals surface area contributed by atoms with Gasteiger partial charge in [-0.15, -0.1) is 0 Å². The van der Waals surface area contributed by atoms with E-state index < -0.39 is 5.97 Å². The molecule has 0 saturated heterocycles. The maximum absolute atomic E-state index is 11.5. The summed E-state index contributed by atoms with van der Waals surface area (Å²) in [6, 6.07) is 12.6. The van der Waals surface area contributed by atoms with Gasteiger partial charge in [0.15, 0.2) is 5.78 Å². The van der Waals surface area contributed by atoms with E-state index in [0.717, 1.165) is 10.0 Å². The van der Waals surface area contributed by atoms with Gasteiger partial charge in [0.1, 0.15) is 12.4 Å². The Bertz CT molecular complexity index is 710. The fourth-order valence-electron chi connectivity index (χ4n) is 2.09. The molecule has 0 aliphatic rings. The van der Waals surface area contributed by atoms with Crippen LogP contribution in [0, 0.1) is 0 Å². The normalized spacial score (nSPS) is 10.3. The summed E-state index contributed by atoms with van der Waals surface area (Å²) in [4.78, 5) is 22.5. The number of ether oxygens (including phenoxy) is 1. The first-order chi connectivity index (χ1) is 10.5. The molecule has 1 N–H and O–H groups in total. The molecule has 4 nitrogen and oxygen atoms in total. The average Bonchev–Trinajstić information content (AvgIpc) is 2.45. The summed E-state index contributed by atoms with van der Waals surface area (Å²) >= 11 is 3.45. The molecule has 0 aliphatic carbocycles. The number of halogens is 1. The van der Waals surface area contributed by atoms with E-state index in [9.17, 15) is 9.59 Å². The van der Waals surface area contributed by atoms with Crippen LogP contribution in [0.1, 0.15) is 28.4 Å². The highest BCUT2D eigenvalue weighted by atomic mass is 79.9. The number of ketones is 1. The van der Waals surface area contributed by atoms with Crippen LogP contribution in [0.15, 0.2) is 46.9 Å². The van der Waals surface area contributed by atoms with Crippen molar-refractivity contribution in [2.24, 2.45) is 0 Å². The smallest absolute Gasteiger partial charge is 0.307 e. The fourth-order valence-corrected chi connectivity index (χ4v) is 2.49. The second-order valence-corrected chi connectivity index (χ2v) is 5.68. The number of rotatable bonds is 6. The van der Waals surface area contributed by atoms with E-state index in [0.29, 0.717) is 23.5 Å². The largest absolute Gasteiger partial charge is 0.489 e. The van der Waals surface area contributed by atoms with Crippen molar-refractivity contribution in [2.45, 2.75) is 20.0 Å². The van der Waals surface area contributed by atoms with Crippen LogP contribution in [-0.2, 0) is 17.8 Å². The predicted molar refractivity (Wildman–Crippen MR) is 86.3 cm³/mol. The van der Waals surface area contributed by atoms with Crippen LogP contribution in [-0.4, -0.2) is 16.9 Å². The quantitative estimate of drug-likeness (QED) is 0.792. The lowest BCUT2D eigenvalue weighted by molar-refractivity contribution is -0.136. The second-order valence-electron chi connectivity index (χ2n) is 4.83. The molecule has 2 rings (SSSR count). The molecule has 114 valence electrons. The standard InChI is InChI=1S/C17H15BrO4/c1-11(19)15-7-6-14(8-13(15)9-17(20)21)22-10-12-4-2-3-5-16(12)18/h2-8H,9-10H2,1H3,(H,20,21). The van der Waals surface area contributed by atoms with Gasteiger partial charge in [0.05, 0.1) is 6.42 Å². The Kier molecular flexibility index (Phi) is 5.33. The van der Waals surface area contributed by atoms with Crippen molar-refractivity contribution < 1.29 is 19.4 Å². The van der Waals surface area contributed by atoms with Crippen LogP contribution in [0.5, 0.6) is 5.75 Å². The summed E-state index contributed by atoms with van der Waals surface area (Å²) in [6.07, 6.45) is -0.207. The zero-order valence-corrected chi connectivity index (χ0v) is 13.6. The van der Waals surface area contributed by atoms with Gasteiger partial charge in [-0.2, -0.15) is 0 Å². The number of hydrogen-bond acceptors (Lipinski definition) is 3. The summed E-state index contributed by atoms with van der Waals surface area (Å²) in [6.45, 7) is 1.77. The van der Waals surface area contributed by atoms with Gasteiger partial charge >= 0.3 is 5.97 Å². The zero-order chi connectivity index (χ0) is 16.1. The third-order valence-electron chi connectivity index (χ3n) is 3.15. The van der Waals surface area contributed by atoms with Gasteiger partial charge < -0.3 is 9.84 Å². The topological polar surface area (TPSA) is 63.6 Å². The summed E-state index contributed by atoms with van der Waals surface area (Å²) in [5.74, 6) is -0.601. The minimum absolute atomic E-state index is 0.159. The summed E-state index contributed by atoms with van der Waals surface area (Å²) in [5, 5.41) is 8.95. The number of Topliss-reactive ketones (excluding diaryl/α,β-unsaturated/α-hetero) is 1. The Morgan fingerprint density at radius 1 is 1.14 bits per heavy atom. The van der Waals surface area contributed by atoms with Crippen molar-refractivity contribution in [1.82, 2.24) is 0 Å². The highest BCUT2D eigenvalue weighted by Gasteiger charge is 2.12. The first-order valence-electron chi connectivity index (χ1n) is 6.69. The van der Waals surface area contributed by atoms with Crippen molar-refractivity contribution in [2.75, 3.05) is 0 Å². The summed E-state index contributed by atoms with van der Waals surface area (Å²) < 4.78 is 6.64. The van der Waals surface area contributed by atoms with Gasteiger partial charge in [-0.3, -0.25) is 9.59 Å². The molecule has 0 unspecified atom stereocenters. The molecule has 0 spiro atoms. The van der Waals surface area contributed by atoms with Crippen LogP contribution < -0.4 is 4.74 Å². The minimum atomic E-state index is -0.981. The van der Waals surface area contributed by atoms with Crippen LogP contribution in [0.4, 0.5) is 0 Å². The predicted octanol–water partition coefficient (Wildman–Crippen LogP) is 3.86.